The van der Waals surface area contributed by atoms with Crippen LogP contribution in [0, 0.1) is 5.92 Å². The first-order chi connectivity index (χ1) is 22.0. The van der Waals surface area contributed by atoms with Gasteiger partial charge in [0.25, 0.3) is 5.91 Å². The fourth-order valence-electron chi connectivity index (χ4n) is 6.77. The molecule has 1 N–H and O–H groups in total. The zero-order chi connectivity index (χ0) is 32.8. The largest absolute Gasteiger partial charge is 0.493 e. The number of nitrogens with zero attached hydrogens (tertiary/aromatic N) is 3. The highest BCUT2D eigenvalue weighted by Gasteiger charge is 2.43. The Morgan fingerprint density at radius 2 is 1.74 bits per heavy atom. The Hall–Kier alpha value is -3.44. The van der Waals surface area contributed by atoms with E-state index in [1.54, 1.807) is 23.1 Å². The SMILES string of the molecule is CC(C)CC(=O)N1CCCN(Cc2ccc(S(C)(=O)=O)cc2)CCCCNC(=O)[C@@H]2C[C@H]1CN2C(=O)c1ccc2c(c1)CCCO2. The molecule has 3 heterocycles. The minimum atomic E-state index is -3.26. The number of rotatable bonds is 6. The summed E-state index contributed by atoms with van der Waals surface area (Å²) in [4.78, 5) is 47.4. The van der Waals surface area contributed by atoms with E-state index < -0.39 is 15.9 Å². The van der Waals surface area contributed by atoms with Gasteiger partial charge >= 0.3 is 0 Å². The van der Waals surface area contributed by atoms with Crippen molar-refractivity contribution in [3.63, 3.8) is 0 Å². The van der Waals surface area contributed by atoms with Crippen molar-refractivity contribution in [3.05, 3.63) is 59.2 Å². The zero-order valence-corrected chi connectivity index (χ0v) is 28.2. The number of likely N-dealkylation sites (tertiary alicyclic amines) is 1. The normalized spacial score (nSPS) is 21.7. The highest BCUT2D eigenvalue weighted by molar-refractivity contribution is 7.90. The molecule has 11 heteroatoms. The van der Waals surface area contributed by atoms with Gasteiger partial charge in [0.15, 0.2) is 9.84 Å². The van der Waals surface area contributed by atoms with Crippen molar-refractivity contribution in [1.29, 1.82) is 0 Å². The third-order valence-corrected chi connectivity index (χ3v) is 10.3. The summed E-state index contributed by atoms with van der Waals surface area (Å²) in [6.45, 7) is 8.31. The van der Waals surface area contributed by atoms with Crippen molar-refractivity contribution < 1.29 is 27.5 Å². The van der Waals surface area contributed by atoms with Gasteiger partial charge in [0.1, 0.15) is 11.8 Å². The summed E-state index contributed by atoms with van der Waals surface area (Å²) in [5.41, 5.74) is 2.58. The molecule has 3 aliphatic heterocycles. The first kappa shape index (κ1) is 33.9. The number of hydrogen-bond acceptors (Lipinski definition) is 7. The van der Waals surface area contributed by atoms with Crippen LogP contribution in [0.2, 0.25) is 0 Å². The number of nitrogens with one attached hydrogen (secondary N) is 1. The van der Waals surface area contributed by atoms with Crippen LogP contribution in [0.1, 0.15) is 73.9 Å². The Bertz CT molecular complexity index is 1510. The molecule has 2 aromatic rings. The Morgan fingerprint density at radius 3 is 2.48 bits per heavy atom. The molecule has 46 heavy (non-hydrogen) atoms. The number of amides is 3. The predicted octanol–water partition coefficient (Wildman–Crippen LogP) is 3.68. The van der Waals surface area contributed by atoms with Gasteiger partial charge in [-0.3, -0.25) is 19.3 Å². The average molecular weight is 653 g/mol. The van der Waals surface area contributed by atoms with E-state index in [4.69, 9.17) is 4.74 Å². The quantitative estimate of drug-likeness (QED) is 0.506. The summed E-state index contributed by atoms with van der Waals surface area (Å²) in [6, 6.07) is 11.6. The topological polar surface area (TPSA) is 116 Å². The molecule has 2 bridgehead atoms. The minimum absolute atomic E-state index is 0.0504. The average Bonchev–Trinajstić information content (AvgIpc) is 3.46. The number of carbonyl (C=O) groups excluding carboxylic acids is 3. The number of hydrogen-bond donors (Lipinski definition) is 1. The van der Waals surface area contributed by atoms with Crippen molar-refractivity contribution in [3.8, 4) is 5.75 Å². The molecule has 0 aliphatic carbocycles. The molecule has 2 fully saturated rings. The predicted molar refractivity (Wildman–Crippen MR) is 176 cm³/mol. The molecule has 2 atom stereocenters. The van der Waals surface area contributed by atoms with Crippen LogP contribution in [-0.4, -0.2) is 98.5 Å². The molecule has 2 saturated heterocycles. The van der Waals surface area contributed by atoms with Gasteiger partial charge in [-0.05, 0) is 92.4 Å². The van der Waals surface area contributed by atoms with Gasteiger partial charge in [-0.15, -0.1) is 0 Å². The zero-order valence-electron chi connectivity index (χ0n) is 27.4. The van der Waals surface area contributed by atoms with E-state index in [0.717, 1.165) is 62.1 Å². The first-order valence-corrected chi connectivity index (χ1v) is 18.5. The molecular weight excluding hydrogens is 604 g/mol. The molecule has 250 valence electrons. The molecule has 3 amide bonds. The van der Waals surface area contributed by atoms with Gasteiger partial charge in [-0.1, -0.05) is 26.0 Å². The Kier molecular flexibility index (Phi) is 11.0. The lowest BCUT2D eigenvalue weighted by Gasteiger charge is -2.31. The van der Waals surface area contributed by atoms with Crippen LogP contribution in [0.4, 0.5) is 0 Å². The summed E-state index contributed by atoms with van der Waals surface area (Å²) in [6.07, 6.45) is 6.18. The van der Waals surface area contributed by atoms with Crippen LogP contribution in [0.25, 0.3) is 0 Å². The smallest absolute Gasteiger partial charge is 0.254 e. The van der Waals surface area contributed by atoms with Crippen LogP contribution in [0.15, 0.2) is 47.4 Å². The fraction of sp³-hybridized carbons (Fsp3) is 0.571. The van der Waals surface area contributed by atoms with Crippen molar-refractivity contribution >= 4 is 27.6 Å². The molecule has 0 spiro atoms. The van der Waals surface area contributed by atoms with E-state index in [1.807, 2.05) is 43.0 Å². The number of sulfone groups is 1. The summed E-state index contributed by atoms with van der Waals surface area (Å²) in [7, 11) is -3.26. The van der Waals surface area contributed by atoms with Crippen molar-refractivity contribution in [2.75, 3.05) is 45.6 Å². The lowest BCUT2D eigenvalue weighted by Crippen LogP contribution is -2.46. The summed E-state index contributed by atoms with van der Waals surface area (Å²) < 4.78 is 29.6. The third-order valence-electron chi connectivity index (χ3n) is 9.17. The van der Waals surface area contributed by atoms with Crippen LogP contribution < -0.4 is 10.1 Å². The second-order valence-corrected chi connectivity index (χ2v) is 15.4. The highest BCUT2D eigenvalue weighted by Crippen LogP contribution is 2.30. The van der Waals surface area contributed by atoms with Crippen LogP contribution in [-0.2, 0) is 32.4 Å². The standard InChI is InChI=1S/C35H48N4O6S/c1-25(2)20-33(40)38-18-7-17-37(23-26-9-12-30(13-10-26)46(3,43)44)16-5-4-15-36-34(41)31-22-29(38)24-39(31)35(42)28-11-14-32-27(21-28)8-6-19-45-32/h9-14,21,25,29,31H,4-8,15-20,22-24H2,1-3H3,(H,36,41)/t29-,31-/m0/s1. The Balaban J connectivity index is 1.35. The number of aryl methyl sites for hydroxylation is 1. The summed E-state index contributed by atoms with van der Waals surface area (Å²) in [5.74, 6) is 0.683. The van der Waals surface area contributed by atoms with E-state index in [2.05, 4.69) is 10.2 Å². The van der Waals surface area contributed by atoms with E-state index in [1.165, 1.54) is 6.26 Å². The van der Waals surface area contributed by atoms with Crippen LogP contribution >= 0.6 is 0 Å². The molecule has 5 rings (SSSR count). The van der Waals surface area contributed by atoms with Crippen molar-refractivity contribution in [2.45, 2.75) is 82.3 Å². The van der Waals surface area contributed by atoms with Gasteiger partial charge in [-0.2, -0.15) is 0 Å². The second-order valence-electron chi connectivity index (χ2n) is 13.4. The maximum absolute atomic E-state index is 14.0. The molecular formula is C35H48N4O6S. The highest BCUT2D eigenvalue weighted by atomic mass is 32.2. The number of fused-ring (bicyclic) bond motifs is 3. The van der Waals surface area contributed by atoms with Gasteiger partial charge in [-0.25, -0.2) is 8.42 Å². The molecule has 0 saturated carbocycles. The molecule has 3 aliphatic rings. The second kappa shape index (κ2) is 15.0. The third kappa shape index (κ3) is 8.47. The van der Waals surface area contributed by atoms with Gasteiger partial charge in [0.05, 0.1) is 17.5 Å². The number of carbonyl (C=O) groups is 3. The molecule has 0 unspecified atom stereocenters. The number of benzene rings is 2. The Morgan fingerprint density at radius 1 is 0.978 bits per heavy atom. The van der Waals surface area contributed by atoms with Gasteiger partial charge in [0.2, 0.25) is 11.8 Å². The number of ether oxygens (including phenoxy) is 1. The van der Waals surface area contributed by atoms with Crippen molar-refractivity contribution in [2.24, 2.45) is 5.92 Å². The van der Waals surface area contributed by atoms with E-state index >= 15 is 0 Å². The lowest BCUT2D eigenvalue weighted by molar-refractivity contribution is -0.134. The van der Waals surface area contributed by atoms with E-state index in [9.17, 15) is 22.8 Å². The monoisotopic (exact) mass is 652 g/mol. The van der Waals surface area contributed by atoms with Crippen LogP contribution in [0.5, 0.6) is 5.75 Å². The molecule has 2 aromatic carbocycles. The minimum Gasteiger partial charge on any atom is -0.493 e. The fourth-order valence-corrected chi connectivity index (χ4v) is 7.40. The van der Waals surface area contributed by atoms with E-state index in [0.29, 0.717) is 56.1 Å². The summed E-state index contributed by atoms with van der Waals surface area (Å²) >= 11 is 0. The maximum Gasteiger partial charge on any atom is 0.254 e. The van der Waals surface area contributed by atoms with Gasteiger partial charge < -0.3 is 19.9 Å². The molecule has 0 aromatic heterocycles. The first-order valence-electron chi connectivity index (χ1n) is 16.6. The lowest BCUT2D eigenvalue weighted by atomic mass is 10.0. The van der Waals surface area contributed by atoms with Crippen LogP contribution in [0.3, 0.4) is 0 Å². The molecule has 0 radical (unpaired) electrons. The summed E-state index contributed by atoms with van der Waals surface area (Å²) in [5, 5.41) is 3.08. The maximum atomic E-state index is 14.0. The molecule has 10 nitrogen and oxygen atoms in total. The Labute approximate surface area is 273 Å². The van der Waals surface area contributed by atoms with Crippen molar-refractivity contribution in [1.82, 2.24) is 20.0 Å². The van der Waals surface area contributed by atoms with E-state index in [-0.39, 0.29) is 29.7 Å². The van der Waals surface area contributed by atoms with Gasteiger partial charge in [0, 0.05) is 51.0 Å².